The number of hydrogen-bond acceptors (Lipinski definition) is 6. The zero-order valence-corrected chi connectivity index (χ0v) is 13.1. The second-order valence-electron chi connectivity index (χ2n) is 3.51. The van der Waals surface area contributed by atoms with E-state index in [2.05, 4.69) is 20.6 Å². The van der Waals surface area contributed by atoms with Crippen LogP contribution in [0, 0.1) is 0 Å². The standard InChI is InChI=1S/C11H12N6OS.2ClH/c12-10(17-18)8-3-1-2-7(4-8)9-5-19-11(16-9)14-6-15-13;;/h1-6,18H,13H2,(H2,12,17)(H,14,15,16);2*1H. The first kappa shape index (κ1) is 19.1. The monoisotopic (exact) mass is 348 g/mol. The Morgan fingerprint density at radius 3 is 2.81 bits per heavy atom. The summed E-state index contributed by atoms with van der Waals surface area (Å²) in [5.41, 5.74) is 10.1. The van der Waals surface area contributed by atoms with E-state index in [-0.39, 0.29) is 30.6 Å². The van der Waals surface area contributed by atoms with E-state index in [1.54, 1.807) is 12.1 Å². The molecular formula is C11H14Cl2N6OS. The molecule has 0 amide bonds. The van der Waals surface area contributed by atoms with Gasteiger partial charge in [0.2, 0.25) is 5.13 Å². The van der Waals surface area contributed by atoms with Crippen LogP contribution in [0.4, 0.5) is 5.13 Å². The van der Waals surface area contributed by atoms with E-state index in [0.29, 0.717) is 10.7 Å². The van der Waals surface area contributed by atoms with Gasteiger partial charge >= 0.3 is 0 Å². The maximum absolute atomic E-state index is 8.66. The molecule has 1 aromatic carbocycles. The van der Waals surface area contributed by atoms with Gasteiger partial charge in [-0.2, -0.15) is 0 Å². The molecule has 2 rings (SSSR count). The first-order valence-electron chi connectivity index (χ1n) is 5.27. The van der Waals surface area contributed by atoms with Gasteiger partial charge in [0.15, 0.2) is 5.84 Å². The molecule has 7 nitrogen and oxygen atoms in total. The van der Waals surface area contributed by atoms with E-state index in [1.807, 2.05) is 17.5 Å². The third-order valence-electron chi connectivity index (χ3n) is 2.30. The second kappa shape index (κ2) is 9.14. The summed E-state index contributed by atoms with van der Waals surface area (Å²) in [7, 11) is 0. The van der Waals surface area contributed by atoms with Gasteiger partial charge < -0.3 is 16.4 Å². The van der Waals surface area contributed by atoms with Gasteiger partial charge in [-0.05, 0) is 6.07 Å². The van der Waals surface area contributed by atoms with Crippen molar-refractivity contribution in [2.24, 2.45) is 21.7 Å². The molecule has 21 heavy (non-hydrogen) atoms. The Morgan fingerprint density at radius 2 is 2.14 bits per heavy atom. The molecular weight excluding hydrogens is 335 g/mol. The minimum atomic E-state index is 0. The average Bonchev–Trinajstić information content (AvgIpc) is 2.93. The number of rotatable bonds is 4. The average molecular weight is 349 g/mol. The SMILES string of the molecule is Cl.Cl.NNC=Nc1nc(-c2cccc(C(N)=NO)c2)cs1. The van der Waals surface area contributed by atoms with Gasteiger partial charge in [-0.25, -0.2) is 15.8 Å². The number of aliphatic imine (C=N–C) groups is 1. The molecule has 0 fully saturated rings. The molecule has 0 aliphatic rings. The number of halogens is 2. The Kier molecular flexibility index (Phi) is 8.32. The summed E-state index contributed by atoms with van der Waals surface area (Å²) in [4.78, 5) is 8.33. The fourth-order valence-corrected chi connectivity index (χ4v) is 2.11. The molecule has 2 aromatic rings. The molecule has 1 aromatic heterocycles. The molecule has 114 valence electrons. The van der Waals surface area contributed by atoms with E-state index in [0.717, 1.165) is 11.3 Å². The zero-order chi connectivity index (χ0) is 13.7. The Morgan fingerprint density at radius 1 is 1.38 bits per heavy atom. The normalized spacial score (nSPS) is 10.8. The number of oxime groups is 1. The van der Waals surface area contributed by atoms with Crippen LogP contribution in [0.2, 0.25) is 0 Å². The van der Waals surface area contributed by atoms with E-state index < -0.39 is 0 Å². The van der Waals surface area contributed by atoms with E-state index in [1.165, 1.54) is 17.7 Å². The van der Waals surface area contributed by atoms with Crippen molar-refractivity contribution in [3.05, 3.63) is 35.2 Å². The van der Waals surface area contributed by atoms with Crippen LogP contribution in [0.5, 0.6) is 0 Å². The number of hydrazine groups is 1. The second-order valence-corrected chi connectivity index (χ2v) is 4.34. The van der Waals surface area contributed by atoms with E-state index >= 15 is 0 Å². The molecule has 0 atom stereocenters. The summed E-state index contributed by atoms with van der Waals surface area (Å²) in [6.07, 6.45) is 1.36. The molecule has 1 heterocycles. The summed E-state index contributed by atoms with van der Waals surface area (Å²) in [6.45, 7) is 0. The lowest BCUT2D eigenvalue weighted by atomic mass is 10.1. The first-order chi connectivity index (χ1) is 9.24. The van der Waals surface area contributed by atoms with Crippen molar-refractivity contribution >= 4 is 53.5 Å². The summed E-state index contributed by atoms with van der Waals surface area (Å²) in [5, 5.41) is 14.1. The highest BCUT2D eigenvalue weighted by Gasteiger charge is 2.06. The number of nitrogens with zero attached hydrogens (tertiary/aromatic N) is 3. The van der Waals surface area contributed by atoms with Crippen molar-refractivity contribution in [3.8, 4) is 11.3 Å². The topological polar surface area (TPSA) is 122 Å². The molecule has 0 aliphatic carbocycles. The third-order valence-corrected chi connectivity index (χ3v) is 3.05. The van der Waals surface area contributed by atoms with Crippen LogP contribution in [0.1, 0.15) is 5.56 Å². The van der Waals surface area contributed by atoms with Crippen LogP contribution in [-0.4, -0.2) is 22.4 Å². The van der Waals surface area contributed by atoms with Crippen molar-refractivity contribution in [2.45, 2.75) is 0 Å². The summed E-state index contributed by atoms with van der Waals surface area (Å²) in [5.74, 6) is 5.15. The van der Waals surface area contributed by atoms with Gasteiger partial charge in [0.25, 0.3) is 0 Å². The fraction of sp³-hybridized carbons (Fsp3) is 0. The van der Waals surface area contributed by atoms with Crippen molar-refractivity contribution in [1.82, 2.24) is 10.4 Å². The van der Waals surface area contributed by atoms with Crippen LogP contribution >= 0.6 is 36.2 Å². The third kappa shape index (κ3) is 4.87. The van der Waals surface area contributed by atoms with Gasteiger partial charge in [0, 0.05) is 16.5 Å². The van der Waals surface area contributed by atoms with Gasteiger partial charge in [0.1, 0.15) is 6.34 Å². The van der Waals surface area contributed by atoms with E-state index in [9.17, 15) is 0 Å². The van der Waals surface area contributed by atoms with Crippen LogP contribution in [-0.2, 0) is 0 Å². The fourth-order valence-electron chi connectivity index (χ4n) is 1.44. The predicted molar refractivity (Wildman–Crippen MR) is 90.0 cm³/mol. The highest BCUT2D eigenvalue weighted by Crippen LogP contribution is 2.26. The number of benzene rings is 1. The lowest BCUT2D eigenvalue weighted by Crippen LogP contribution is -2.18. The Hall–Kier alpha value is -1.87. The highest BCUT2D eigenvalue weighted by atomic mass is 35.5. The van der Waals surface area contributed by atoms with Gasteiger partial charge in [-0.3, -0.25) is 0 Å². The van der Waals surface area contributed by atoms with Crippen molar-refractivity contribution in [1.29, 1.82) is 0 Å². The maximum atomic E-state index is 8.66. The molecule has 0 aliphatic heterocycles. The Labute approximate surface area is 137 Å². The molecule has 0 bridgehead atoms. The Bertz CT molecular complexity index is 631. The van der Waals surface area contributed by atoms with Crippen LogP contribution < -0.4 is 17.0 Å². The summed E-state index contributed by atoms with van der Waals surface area (Å²) < 4.78 is 0. The minimum absolute atomic E-state index is 0. The molecule has 0 unspecified atom stereocenters. The molecule has 10 heteroatoms. The number of hydrogen-bond donors (Lipinski definition) is 4. The smallest absolute Gasteiger partial charge is 0.211 e. The van der Waals surface area contributed by atoms with E-state index in [4.69, 9.17) is 16.8 Å². The maximum Gasteiger partial charge on any atom is 0.211 e. The summed E-state index contributed by atoms with van der Waals surface area (Å²) >= 11 is 1.39. The van der Waals surface area contributed by atoms with Crippen molar-refractivity contribution < 1.29 is 5.21 Å². The molecule has 0 saturated carbocycles. The highest BCUT2D eigenvalue weighted by molar-refractivity contribution is 7.13. The first-order valence-corrected chi connectivity index (χ1v) is 6.15. The van der Waals surface area contributed by atoms with Crippen LogP contribution in [0.3, 0.4) is 0 Å². The van der Waals surface area contributed by atoms with Gasteiger partial charge in [-0.1, -0.05) is 23.4 Å². The van der Waals surface area contributed by atoms with Crippen LogP contribution in [0.15, 0.2) is 39.8 Å². The quantitative estimate of drug-likeness (QED) is 0.221. The summed E-state index contributed by atoms with van der Waals surface area (Å²) in [6, 6.07) is 7.24. The Balaban J connectivity index is 0.00000200. The number of nitrogens with one attached hydrogen (secondary N) is 1. The molecule has 0 radical (unpaired) electrons. The van der Waals surface area contributed by atoms with Crippen molar-refractivity contribution in [3.63, 3.8) is 0 Å². The zero-order valence-electron chi connectivity index (χ0n) is 10.6. The number of nitrogens with two attached hydrogens (primary N) is 2. The number of amidine groups is 1. The van der Waals surface area contributed by atoms with Crippen molar-refractivity contribution in [2.75, 3.05) is 0 Å². The molecule has 0 spiro atoms. The molecule has 0 saturated heterocycles. The number of thiazole rings is 1. The number of aromatic nitrogens is 1. The predicted octanol–water partition coefficient (Wildman–Crippen LogP) is 1.87. The largest absolute Gasteiger partial charge is 0.409 e. The lowest BCUT2D eigenvalue weighted by molar-refractivity contribution is 0.318. The van der Waals surface area contributed by atoms with Gasteiger partial charge in [0.05, 0.1) is 5.69 Å². The lowest BCUT2D eigenvalue weighted by Gasteiger charge is -2.01. The minimum Gasteiger partial charge on any atom is -0.409 e. The molecule has 6 N–H and O–H groups in total. The van der Waals surface area contributed by atoms with Crippen LogP contribution in [0.25, 0.3) is 11.3 Å². The van der Waals surface area contributed by atoms with Gasteiger partial charge in [-0.15, -0.1) is 36.2 Å².